The number of nitrogens with zero attached hydrogens (tertiary/aromatic N) is 4. The Morgan fingerprint density at radius 2 is 1.37 bits per heavy atom. The molecule has 0 saturated carbocycles. The molecule has 2 fully saturated rings. The SMILES string of the molecule is COC(=O)CN[C@H](C(=O)N1C[C@@H](C)C[C@H]1c1nc2ccc(-c3ccc(-c4ccc(-c5cnc([C@@H]6C[C@H](C)CN6C(=O)OC(C)(C)C)[nH]5)cc4)cc3)cc2[nH]1)C(C)C. The van der Waals surface area contributed by atoms with Gasteiger partial charge in [-0.15, -0.1) is 0 Å². The van der Waals surface area contributed by atoms with E-state index in [0.717, 1.165) is 69.0 Å². The number of rotatable bonds is 10. The van der Waals surface area contributed by atoms with Gasteiger partial charge in [0.05, 0.1) is 54.7 Å². The van der Waals surface area contributed by atoms with Gasteiger partial charge in [0.2, 0.25) is 5.91 Å². The summed E-state index contributed by atoms with van der Waals surface area (Å²) in [6.45, 7) is 15.2. The number of likely N-dealkylation sites (tertiary alicyclic amines) is 2. The van der Waals surface area contributed by atoms with E-state index in [1.807, 2.05) is 51.8 Å². The molecule has 2 amide bonds. The quantitative estimate of drug-likeness (QED) is 0.120. The molecule has 0 radical (unpaired) electrons. The van der Waals surface area contributed by atoms with Crippen LogP contribution in [0.15, 0.2) is 72.9 Å². The number of aromatic amines is 2. The van der Waals surface area contributed by atoms with E-state index in [4.69, 9.17) is 19.4 Å². The number of amides is 2. The van der Waals surface area contributed by atoms with E-state index < -0.39 is 17.6 Å². The maximum atomic E-state index is 13.9. The minimum atomic E-state index is -0.558. The summed E-state index contributed by atoms with van der Waals surface area (Å²) in [7, 11) is 1.34. The van der Waals surface area contributed by atoms with Gasteiger partial charge in [0.25, 0.3) is 0 Å². The molecule has 0 bridgehead atoms. The zero-order chi connectivity index (χ0) is 40.6. The first kappa shape index (κ1) is 39.7. The van der Waals surface area contributed by atoms with Gasteiger partial charge in [-0.25, -0.2) is 14.8 Å². The summed E-state index contributed by atoms with van der Waals surface area (Å²) in [6, 6.07) is 22.3. The maximum Gasteiger partial charge on any atom is 0.410 e. The fourth-order valence-corrected chi connectivity index (χ4v) is 8.15. The van der Waals surface area contributed by atoms with Gasteiger partial charge in [0.15, 0.2) is 0 Å². The van der Waals surface area contributed by atoms with Crippen LogP contribution in [-0.2, 0) is 19.1 Å². The Morgan fingerprint density at radius 3 is 1.96 bits per heavy atom. The van der Waals surface area contributed by atoms with Crippen LogP contribution in [-0.4, -0.2) is 86.1 Å². The number of carbonyl (C=O) groups excluding carboxylic acids is 3. The first-order valence-corrected chi connectivity index (χ1v) is 20.0. The zero-order valence-electron chi connectivity index (χ0n) is 34.3. The molecule has 0 unspecified atom stereocenters. The Labute approximate surface area is 334 Å². The van der Waals surface area contributed by atoms with Crippen LogP contribution < -0.4 is 5.32 Å². The minimum Gasteiger partial charge on any atom is -0.468 e. The summed E-state index contributed by atoms with van der Waals surface area (Å²) >= 11 is 0. The average molecular weight is 774 g/mol. The number of nitrogens with one attached hydrogen (secondary N) is 3. The molecule has 5 atom stereocenters. The smallest absolute Gasteiger partial charge is 0.410 e. The van der Waals surface area contributed by atoms with E-state index in [2.05, 4.69) is 89.8 Å². The number of esters is 1. The van der Waals surface area contributed by atoms with Gasteiger partial charge in [-0.05, 0) is 91.3 Å². The van der Waals surface area contributed by atoms with E-state index in [1.165, 1.54) is 7.11 Å². The standard InChI is InChI=1S/C45H55N7O5/c1-26(2)40(46-23-39(53)56-8)43(54)51-24-27(3)20-38(51)42-48-34-18-17-33(21-35(34)49-42)31-11-9-29(10-12-31)30-13-15-32(16-14-30)36-22-47-41(50-36)37-19-28(4)25-52(37)44(55)57-45(5,6)7/h9-18,21-22,26-28,37-38,40,46H,19-20,23-25H2,1-8H3,(H,47,50)(H,48,49)/t27-,28-,37-,38-,40-/m0/s1. The molecular weight excluding hydrogens is 719 g/mol. The molecule has 5 aromatic rings. The number of carbonyl (C=O) groups is 3. The fraction of sp³-hybridized carbons (Fsp3) is 0.444. The molecule has 3 N–H and O–H groups in total. The van der Waals surface area contributed by atoms with Crippen molar-refractivity contribution in [3.63, 3.8) is 0 Å². The van der Waals surface area contributed by atoms with Gasteiger partial charge >= 0.3 is 12.1 Å². The highest BCUT2D eigenvalue weighted by Gasteiger charge is 2.40. The lowest BCUT2D eigenvalue weighted by Crippen LogP contribution is -2.50. The number of ether oxygens (including phenoxy) is 2. The van der Waals surface area contributed by atoms with Crippen molar-refractivity contribution in [2.75, 3.05) is 26.7 Å². The van der Waals surface area contributed by atoms with Gasteiger partial charge in [-0.2, -0.15) is 0 Å². The second-order valence-electron chi connectivity index (χ2n) is 17.2. The summed E-state index contributed by atoms with van der Waals surface area (Å²) in [4.78, 5) is 59.0. The Hall–Kier alpha value is -5.49. The van der Waals surface area contributed by atoms with Crippen LogP contribution in [0.5, 0.6) is 0 Å². The van der Waals surface area contributed by atoms with Crippen LogP contribution >= 0.6 is 0 Å². The molecule has 0 spiro atoms. The van der Waals surface area contributed by atoms with E-state index in [1.54, 1.807) is 4.90 Å². The summed E-state index contributed by atoms with van der Waals surface area (Å²) in [5, 5.41) is 3.12. The Morgan fingerprint density at radius 1 is 0.807 bits per heavy atom. The third-order valence-corrected chi connectivity index (χ3v) is 11.0. The molecule has 12 nitrogen and oxygen atoms in total. The molecule has 7 rings (SSSR count). The topological polar surface area (TPSA) is 146 Å². The summed E-state index contributed by atoms with van der Waals surface area (Å²) in [6.07, 6.45) is 3.17. The van der Waals surface area contributed by atoms with Crippen molar-refractivity contribution >= 4 is 29.0 Å². The molecule has 4 heterocycles. The lowest BCUT2D eigenvalue weighted by atomic mass is 9.99. The molecular formula is C45H55N7O5. The van der Waals surface area contributed by atoms with Crippen molar-refractivity contribution < 1.29 is 23.9 Å². The second kappa shape index (κ2) is 16.2. The Kier molecular flexibility index (Phi) is 11.3. The van der Waals surface area contributed by atoms with Crippen LogP contribution in [0, 0.1) is 17.8 Å². The number of aromatic nitrogens is 4. The number of methoxy groups -OCH3 is 1. The molecule has 0 aliphatic carbocycles. The van der Waals surface area contributed by atoms with Crippen molar-refractivity contribution in [2.45, 2.75) is 85.0 Å². The molecule has 2 aliphatic heterocycles. The molecule has 2 saturated heterocycles. The average Bonchev–Trinajstić information content (AvgIpc) is 3.99. The van der Waals surface area contributed by atoms with Crippen LogP contribution in [0.2, 0.25) is 0 Å². The Balaban J connectivity index is 1.03. The van der Waals surface area contributed by atoms with E-state index >= 15 is 0 Å². The van der Waals surface area contributed by atoms with Gasteiger partial charge in [0.1, 0.15) is 17.2 Å². The molecule has 3 aromatic carbocycles. The van der Waals surface area contributed by atoms with Crippen LogP contribution in [0.3, 0.4) is 0 Å². The van der Waals surface area contributed by atoms with Crippen LogP contribution in [0.25, 0.3) is 44.5 Å². The number of H-pyrrole nitrogens is 2. The van der Waals surface area contributed by atoms with Crippen molar-refractivity contribution in [3.05, 3.63) is 84.6 Å². The first-order valence-electron chi connectivity index (χ1n) is 20.0. The first-order chi connectivity index (χ1) is 27.2. The van der Waals surface area contributed by atoms with E-state index in [0.29, 0.717) is 24.9 Å². The zero-order valence-corrected chi connectivity index (χ0v) is 34.3. The number of hydrogen-bond donors (Lipinski definition) is 3. The van der Waals surface area contributed by atoms with Crippen molar-refractivity contribution in [1.82, 2.24) is 35.1 Å². The van der Waals surface area contributed by atoms with E-state index in [-0.39, 0.29) is 36.5 Å². The third kappa shape index (κ3) is 8.76. The monoisotopic (exact) mass is 773 g/mol. The predicted octanol–water partition coefficient (Wildman–Crippen LogP) is 8.30. The fourth-order valence-electron chi connectivity index (χ4n) is 8.15. The molecule has 12 heteroatoms. The van der Waals surface area contributed by atoms with Gasteiger partial charge in [-0.1, -0.05) is 82.3 Å². The highest BCUT2D eigenvalue weighted by atomic mass is 16.6. The summed E-state index contributed by atoms with van der Waals surface area (Å²) in [5.41, 5.74) is 7.49. The van der Waals surface area contributed by atoms with Crippen LogP contribution in [0.4, 0.5) is 4.79 Å². The van der Waals surface area contributed by atoms with Crippen molar-refractivity contribution in [1.29, 1.82) is 0 Å². The van der Waals surface area contributed by atoms with E-state index in [9.17, 15) is 14.4 Å². The highest BCUT2D eigenvalue weighted by Crippen LogP contribution is 2.38. The van der Waals surface area contributed by atoms with Crippen LogP contribution in [0.1, 0.15) is 85.0 Å². The molecule has 300 valence electrons. The minimum absolute atomic E-state index is 0.00895. The number of fused-ring (bicyclic) bond motifs is 1. The summed E-state index contributed by atoms with van der Waals surface area (Å²) < 4.78 is 10.5. The number of hydrogen-bond acceptors (Lipinski definition) is 8. The lowest BCUT2D eigenvalue weighted by Gasteiger charge is -2.30. The van der Waals surface area contributed by atoms with Crippen molar-refractivity contribution in [2.24, 2.45) is 17.8 Å². The number of imidazole rings is 2. The van der Waals surface area contributed by atoms with Gasteiger partial charge in [-0.3, -0.25) is 19.8 Å². The predicted molar refractivity (Wildman–Crippen MR) is 221 cm³/mol. The Bertz CT molecular complexity index is 2220. The normalized spacial score (nSPS) is 20.4. The molecule has 2 aliphatic rings. The van der Waals surface area contributed by atoms with Crippen molar-refractivity contribution in [3.8, 4) is 33.5 Å². The summed E-state index contributed by atoms with van der Waals surface area (Å²) in [5.74, 6) is 1.78. The number of benzene rings is 3. The van der Waals surface area contributed by atoms with Gasteiger partial charge < -0.3 is 24.3 Å². The second-order valence-corrected chi connectivity index (χ2v) is 17.2. The third-order valence-electron chi connectivity index (χ3n) is 11.0. The highest BCUT2D eigenvalue weighted by molar-refractivity contribution is 5.85. The maximum absolute atomic E-state index is 13.9. The largest absolute Gasteiger partial charge is 0.468 e. The van der Waals surface area contributed by atoms with Gasteiger partial charge in [0, 0.05) is 13.1 Å². The molecule has 2 aromatic heterocycles. The lowest BCUT2D eigenvalue weighted by molar-refractivity contribution is -0.140. The molecule has 57 heavy (non-hydrogen) atoms.